The van der Waals surface area contributed by atoms with Gasteiger partial charge < -0.3 is 19.1 Å². The van der Waals surface area contributed by atoms with E-state index in [9.17, 15) is 4.79 Å². The van der Waals surface area contributed by atoms with E-state index in [1.807, 2.05) is 74.2 Å². The summed E-state index contributed by atoms with van der Waals surface area (Å²) in [5.74, 6) is 2.26. The molecule has 0 saturated heterocycles. The van der Waals surface area contributed by atoms with Crippen molar-refractivity contribution >= 4 is 17.5 Å². The second kappa shape index (κ2) is 10.8. The Morgan fingerprint density at radius 3 is 2.35 bits per heavy atom. The van der Waals surface area contributed by atoms with E-state index in [1.54, 1.807) is 12.1 Å². The number of ether oxygens (including phenoxy) is 3. The van der Waals surface area contributed by atoms with Gasteiger partial charge in [0.05, 0.1) is 29.3 Å². The molecule has 6 heteroatoms. The molecule has 3 aromatic carbocycles. The van der Waals surface area contributed by atoms with Crippen LogP contribution in [0.5, 0.6) is 17.2 Å². The second-order valence-electron chi connectivity index (χ2n) is 8.49. The van der Waals surface area contributed by atoms with E-state index in [1.165, 1.54) is 5.56 Å². The van der Waals surface area contributed by atoms with Gasteiger partial charge in [0.15, 0.2) is 0 Å². The summed E-state index contributed by atoms with van der Waals surface area (Å²) in [5, 5.41) is 0.449. The Bertz CT molecular complexity index is 1130. The van der Waals surface area contributed by atoms with E-state index in [0.29, 0.717) is 30.3 Å². The summed E-state index contributed by atoms with van der Waals surface area (Å²) in [6, 6.07) is 20.5. The minimum absolute atomic E-state index is 0.0960. The fourth-order valence-corrected chi connectivity index (χ4v) is 4.44. The van der Waals surface area contributed by atoms with Gasteiger partial charge in [0.2, 0.25) is 0 Å². The van der Waals surface area contributed by atoms with E-state index >= 15 is 0 Å². The Hall–Kier alpha value is -3.18. The van der Waals surface area contributed by atoms with Crippen molar-refractivity contribution in [2.75, 3.05) is 19.8 Å². The number of fused-ring (bicyclic) bond motifs is 1. The van der Waals surface area contributed by atoms with Gasteiger partial charge in [-0.05, 0) is 86.8 Å². The first-order valence-electron chi connectivity index (χ1n) is 11.7. The third-order valence-corrected chi connectivity index (χ3v) is 6.08. The number of halogens is 1. The number of rotatable bonds is 8. The van der Waals surface area contributed by atoms with E-state index in [-0.39, 0.29) is 18.1 Å². The molecule has 1 aliphatic rings. The summed E-state index contributed by atoms with van der Waals surface area (Å²) in [6.45, 7) is 7.47. The van der Waals surface area contributed by atoms with E-state index < -0.39 is 0 Å². The lowest BCUT2D eigenvalue weighted by Crippen LogP contribution is -2.42. The number of hydrogen-bond acceptors (Lipinski definition) is 4. The molecule has 0 aliphatic carbocycles. The molecule has 5 nitrogen and oxygen atoms in total. The molecule has 1 amide bonds. The zero-order valence-corrected chi connectivity index (χ0v) is 20.5. The SMILES string of the molecule is CCOc1ccc(OCC2c3ccc(OC(C)C)cc3CCN2C(=O)c2ccccc2Cl)cc1. The van der Waals surface area contributed by atoms with Gasteiger partial charge in [-0.1, -0.05) is 29.8 Å². The fourth-order valence-electron chi connectivity index (χ4n) is 4.22. The highest BCUT2D eigenvalue weighted by molar-refractivity contribution is 6.33. The smallest absolute Gasteiger partial charge is 0.256 e. The van der Waals surface area contributed by atoms with Crippen molar-refractivity contribution in [1.29, 1.82) is 0 Å². The summed E-state index contributed by atoms with van der Waals surface area (Å²) in [5.41, 5.74) is 2.73. The molecule has 0 fully saturated rings. The summed E-state index contributed by atoms with van der Waals surface area (Å²) in [7, 11) is 0. The van der Waals surface area contributed by atoms with Gasteiger partial charge in [0.1, 0.15) is 23.9 Å². The van der Waals surface area contributed by atoms with Gasteiger partial charge in [0, 0.05) is 6.54 Å². The third kappa shape index (κ3) is 5.48. The highest BCUT2D eigenvalue weighted by Gasteiger charge is 2.33. The molecule has 178 valence electrons. The molecule has 1 aliphatic heterocycles. The summed E-state index contributed by atoms with van der Waals surface area (Å²) >= 11 is 6.36. The Balaban J connectivity index is 1.62. The topological polar surface area (TPSA) is 48.0 Å². The van der Waals surface area contributed by atoms with E-state index in [4.69, 9.17) is 25.8 Å². The van der Waals surface area contributed by atoms with Crippen molar-refractivity contribution in [1.82, 2.24) is 4.90 Å². The zero-order valence-electron chi connectivity index (χ0n) is 19.8. The molecule has 0 spiro atoms. The Morgan fingerprint density at radius 1 is 1.00 bits per heavy atom. The molecular weight excluding hydrogens is 450 g/mol. The summed E-state index contributed by atoms with van der Waals surface area (Å²) in [4.78, 5) is 15.4. The molecule has 0 saturated carbocycles. The average Bonchev–Trinajstić information content (AvgIpc) is 2.83. The monoisotopic (exact) mass is 479 g/mol. The van der Waals surface area contributed by atoms with Crippen LogP contribution in [0.25, 0.3) is 0 Å². The van der Waals surface area contributed by atoms with Crippen LogP contribution in [-0.2, 0) is 6.42 Å². The fraction of sp³-hybridized carbons (Fsp3) is 0.321. The Morgan fingerprint density at radius 2 is 1.68 bits per heavy atom. The molecule has 1 atom stereocenters. The molecule has 34 heavy (non-hydrogen) atoms. The van der Waals surface area contributed by atoms with Crippen LogP contribution in [-0.4, -0.2) is 36.7 Å². The van der Waals surface area contributed by atoms with Crippen molar-refractivity contribution in [2.45, 2.75) is 39.3 Å². The number of hydrogen-bond donors (Lipinski definition) is 0. The number of benzene rings is 3. The highest BCUT2D eigenvalue weighted by Crippen LogP contribution is 2.35. The molecule has 0 N–H and O–H groups in total. The molecule has 1 unspecified atom stereocenters. The highest BCUT2D eigenvalue weighted by atomic mass is 35.5. The van der Waals surface area contributed by atoms with Crippen LogP contribution < -0.4 is 14.2 Å². The van der Waals surface area contributed by atoms with Gasteiger partial charge in [-0.3, -0.25) is 4.79 Å². The van der Waals surface area contributed by atoms with Crippen molar-refractivity contribution in [2.24, 2.45) is 0 Å². The predicted molar refractivity (Wildman–Crippen MR) is 134 cm³/mol. The van der Waals surface area contributed by atoms with Crippen molar-refractivity contribution in [3.63, 3.8) is 0 Å². The van der Waals surface area contributed by atoms with Crippen molar-refractivity contribution in [3.05, 3.63) is 88.4 Å². The van der Waals surface area contributed by atoms with Gasteiger partial charge in [0.25, 0.3) is 5.91 Å². The molecule has 1 heterocycles. The van der Waals surface area contributed by atoms with Gasteiger partial charge in [-0.15, -0.1) is 0 Å². The Kier molecular flexibility index (Phi) is 7.63. The molecule has 0 radical (unpaired) electrons. The first-order valence-corrected chi connectivity index (χ1v) is 12.0. The maximum absolute atomic E-state index is 13.5. The average molecular weight is 480 g/mol. The van der Waals surface area contributed by atoms with Crippen LogP contribution in [0, 0.1) is 0 Å². The van der Waals surface area contributed by atoms with E-state index in [2.05, 4.69) is 6.07 Å². The quantitative estimate of drug-likeness (QED) is 0.378. The normalized spacial score (nSPS) is 15.1. The van der Waals surface area contributed by atoms with Crippen LogP contribution in [0.4, 0.5) is 0 Å². The molecule has 0 bridgehead atoms. The van der Waals surface area contributed by atoms with Crippen LogP contribution >= 0.6 is 11.6 Å². The molecule has 4 rings (SSSR count). The van der Waals surface area contributed by atoms with Crippen molar-refractivity contribution in [3.8, 4) is 17.2 Å². The third-order valence-electron chi connectivity index (χ3n) is 5.75. The van der Waals surface area contributed by atoms with Crippen LogP contribution in [0.15, 0.2) is 66.7 Å². The first-order chi connectivity index (χ1) is 16.5. The lowest BCUT2D eigenvalue weighted by molar-refractivity contribution is 0.0590. The van der Waals surface area contributed by atoms with Gasteiger partial charge >= 0.3 is 0 Å². The standard InChI is InChI=1S/C28H30ClNO4/c1-4-32-21-9-11-22(12-10-21)33-18-27-24-14-13-23(34-19(2)3)17-20(24)15-16-30(27)28(31)25-7-5-6-8-26(25)29/h5-14,17,19,27H,4,15-16,18H2,1-3H3. The maximum atomic E-state index is 13.5. The van der Waals surface area contributed by atoms with Gasteiger partial charge in [-0.25, -0.2) is 0 Å². The van der Waals surface area contributed by atoms with Crippen LogP contribution in [0.1, 0.15) is 48.3 Å². The molecule has 3 aromatic rings. The molecule has 0 aromatic heterocycles. The zero-order chi connectivity index (χ0) is 24.1. The predicted octanol–water partition coefficient (Wildman–Crippen LogP) is 6.34. The van der Waals surface area contributed by atoms with Crippen LogP contribution in [0.3, 0.4) is 0 Å². The maximum Gasteiger partial charge on any atom is 0.256 e. The number of nitrogens with zero attached hydrogens (tertiary/aromatic N) is 1. The number of carbonyl (C=O) groups excluding carboxylic acids is 1. The minimum Gasteiger partial charge on any atom is -0.494 e. The second-order valence-corrected chi connectivity index (χ2v) is 8.89. The van der Waals surface area contributed by atoms with Crippen LogP contribution in [0.2, 0.25) is 5.02 Å². The lowest BCUT2D eigenvalue weighted by atomic mass is 9.92. The minimum atomic E-state index is -0.257. The first kappa shape index (κ1) is 24.0. The number of carbonyl (C=O) groups is 1. The molecular formula is C28H30ClNO4. The number of amides is 1. The van der Waals surface area contributed by atoms with E-state index in [0.717, 1.165) is 29.2 Å². The largest absolute Gasteiger partial charge is 0.494 e. The summed E-state index contributed by atoms with van der Waals surface area (Å²) < 4.78 is 17.6. The lowest BCUT2D eigenvalue weighted by Gasteiger charge is -2.37. The van der Waals surface area contributed by atoms with Crippen molar-refractivity contribution < 1.29 is 19.0 Å². The Labute approximate surface area is 206 Å². The van der Waals surface area contributed by atoms with Gasteiger partial charge in [-0.2, -0.15) is 0 Å². The summed E-state index contributed by atoms with van der Waals surface area (Å²) in [6.07, 6.45) is 0.833.